The number of nitrogens with one attached hydrogen (secondary N) is 1. The average Bonchev–Trinajstić information content (AvgIpc) is 3.54. The van der Waals surface area contributed by atoms with Crippen LogP contribution < -0.4 is 9.77 Å². The van der Waals surface area contributed by atoms with Gasteiger partial charge in [0.15, 0.2) is 0 Å². The second-order valence-electron chi connectivity index (χ2n) is 9.50. The number of fused-ring (bicyclic) bond motifs is 9. The van der Waals surface area contributed by atoms with Crippen molar-refractivity contribution in [1.82, 2.24) is 4.98 Å². The van der Waals surface area contributed by atoms with Gasteiger partial charge >= 0.3 is 4.87 Å². The molecule has 2 aliphatic heterocycles. The largest absolute Gasteiger partial charge is 0.307 e. The number of thioether (sulfide) groups is 1. The Kier molecular flexibility index (Phi) is 4.31. The summed E-state index contributed by atoms with van der Waals surface area (Å²) in [5, 5.41) is 0.894. The van der Waals surface area contributed by atoms with E-state index in [1.807, 2.05) is 0 Å². The summed E-state index contributed by atoms with van der Waals surface area (Å²) in [6.45, 7) is 0. The van der Waals surface area contributed by atoms with E-state index in [1.54, 1.807) is 23.9 Å². The zero-order valence-electron chi connectivity index (χ0n) is 17.6. The first kappa shape index (κ1) is 20.6. The van der Waals surface area contributed by atoms with Crippen molar-refractivity contribution in [3.8, 4) is 0 Å². The highest BCUT2D eigenvalue weighted by molar-refractivity contribution is 8.00. The number of imide groups is 1. The molecule has 3 heterocycles. The van der Waals surface area contributed by atoms with Gasteiger partial charge < -0.3 is 4.98 Å². The molecule has 3 aromatic rings. The number of aromatic amines is 1. The van der Waals surface area contributed by atoms with Crippen molar-refractivity contribution in [2.75, 3.05) is 4.90 Å². The molecule has 172 valence electrons. The third-order valence-corrected chi connectivity index (χ3v) is 10.6. The maximum atomic E-state index is 13.7. The summed E-state index contributed by atoms with van der Waals surface area (Å²) in [5.74, 6) is -2.10. The van der Waals surface area contributed by atoms with Gasteiger partial charge in [-0.1, -0.05) is 23.5 Å². The molecular formula is C25H18F2N2O3S2. The summed E-state index contributed by atoms with van der Waals surface area (Å²) in [6.07, 6.45) is 0.781. The molecule has 5 nitrogen and oxygen atoms in total. The number of nitrogens with zero attached hydrogens (tertiary/aromatic N) is 1. The molecule has 0 unspecified atom stereocenters. The number of thiazole rings is 1. The van der Waals surface area contributed by atoms with Crippen LogP contribution in [0.2, 0.25) is 0 Å². The lowest BCUT2D eigenvalue weighted by molar-refractivity contribution is -0.123. The molecule has 1 saturated heterocycles. The van der Waals surface area contributed by atoms with Gasteiger partial charge in [-0.3, -0.25) is 19.3 Å². The summed E-state index contributed by atoms with van der Waals surface area (Å²) in [5.41, 5.74) is 1.32. The lowest BCUT2D eigenvalue weighted by Crippen LogP contribution is -2.42. The number of carbonyl (C=O) groups excluding carboxylic acids is 2. The molecule has 9 heteroatoms. The number of benzene rings is 2. The highest BCUT2D eigenvalue weighted by atomic mass is 32.2. The molecule has 0 spiro atoms. The van der Waals surface area contributed by atoms with Crippen LogP contribution in [0.1, 0.15) is 22.8 Å². The molecule has 3 fully saturated rings. The maximum Gasteiger partial charge on any atom is 0.305 e. The predicted octanol–water partition coefficient (Wildman–Crippen LogP) is 4.39. The van der Waals surface area contributed by atoms with E-state index in [0.717, 1.165) is 21.9 Å². The fraction of sp³-hybridized carbons (Fsp3) is 0.320. The predicted molar refractivity (Wildman–Crippen MR) is 124 cm³/mol. The van der Waals surface area contributed by atoms with Crippen LogP contribution in [-0.2, 0) is 9.59 Å². The van der Waals surface area contributed by atoms with Gasteiger partial charge in [0.1, 0.15) is 11.6 Å². The quantitative estimate of drug-likeness (QED) is 0.535. The molecule has 2 aromatic carbocycles. The molecule has 2 amide bonds. The number of hydrogen-bond acceptors (Lipinski definition) is 5. The van der Waals surface area contributed by atoms with Crippen molar-refractivity contribution in [3.05, 3.63) is 80.3 Å². The molecule has 2 saturated carbocycles. The van der Waals surface area contributed by atoms with Crippen LogP contribution in [0.3, 0.4) is 0 Å². The number of amides is 2. The Morgan fingerprint density at radius 1 is 0.853 bits per heavy atom. The van der Waals surface area contributed by atoms with E-state index in [1.165, 1.54) is 52.6 Å². The monoisotopic (exact) mass is 496 g/mol. The number of carbonyl (C=O) groups is 2. The Morgan fingerprint density at radius 2 is 1.47 bits per heavy atom. The highest BCUT2D eigenvalue weighted by Crippen LogP contribution is 2.68. The molecule has 4 aliphatic rings. The minimum absolute atomic E-state index is 0.00592. The van der Waals surface area contributed by atoms with Gasteiger partial charge in [0, 0.05) is 16.0 Å². The van der Waals surface area contributed by atoms with E-state index in [-0.39, 0.29) is 51.4 Å². The lowest BCUT2D eigenvalue weighted by atomic mass is 9.68. The number of hydrogen-bond donors (Lipinski definition) is 1. The van der Waals surface area contributed by atoms with Gasteiger partial charge in [0.05, 0.1) is 22.5 Å². The first-order valence-electron chi connectivity index (χ1n) is 11.2. The average molecular weight is 497 g/mol. The van der Waals surface area contributed by atoms with E-state index >= 15 is 0 Å². The third-order valence-electron chi connectivity index (χ3n) is 8.04. The Labute approximate surface area is 201 Å². The van der Waals surface area contributed by atoms with Crippen LogP contribution >= 0.6 is 23.1 Å². The summed E-state index contributed by atoms with van der Waals surface area (Å²) in [4.78, 5) is 44.3. The molecular weight excluding hydrogens is 478 g/mol. The van der Waals surface area contributed by atoms with Gasteiger partial charge in [0.25, 0.3) is 0 Å². The second-order valence-corrected chi connectivity index (χ2v) is 11.7. The summed E-state index contributed by atoms with van der Waals surface area (Å²) in [7, 11) is 0. The van der Waals surface area contributed by atoms with Gasteiger partial charge in [-0.25, -0.2) is 8.78 Å². The number of anilines is 1. The van der Waals surface area contributed by atoms with Gasteiger partial charge in [-0.2, -0.15) is 0 Å². The van der Waals surface area contributed by atoms with E-state index in [4.69, 9.17) is 0 Å². The SMILES string of the molecule is O=C1[C@@H]2[C@H]3C[C@@H]([C@@H]2C(=O)N1c1ccc(F)cc1)[C@@H]1[C@H](c2ccc(F)cc2)c2sc(=O)[nH]c2S[C@H]31. The van der Waals surface area contributed by atoms with Crippen LogP contribution in [-0.4, -0.2) is 22.0 Å². The fourth-order valence-corrected chi connectivity index (χ4v) is 9.79. The van der Waals surface area contributed by atoms with E-state index < -0.39 is 17.7 Å². The summed E-state index contributed by atoms with van der Waals surface area (Å²) >= 11 is 2.79. The van der Waals surface area contributed by atoms with Crippen LogP contribution in [0.25, 0.3) is 0 Å². The Morgan fingerprint density at radius 3 is 2.15 bits per heavy atom. The fourth-order valence-electron chi connectivity index (χ4n) is 6.90. The number of aromatic nitrogens is 1. The first-order chi connectivity index (χ1) is 16.4. The second kappa shape index (κ2) is 7.11. The first-order valence-corrected chi connectivity index (χ1v) is 12.9. The molecule has 7 atom stereocenters. The number of halogens is 2. The van der Waals surface area contributed by atoms with Gasteiger partial charge in [0.2, 0.25) is 11.8 Å². The Hall–Kier alpha value is -2.78. The molecule has 1 N–H and O–H groups in total. The minimum atomic E-state index is -0.426. The molecule has 0 radical (unpaired) electrons. The zero-order valence-corrected chi connectivity index (χ0v) is 19.2. The Bertz CT molecular complexity index is 1400. The van der Waals surface area contributed by atoms with Crippen molar-refractivity contribution in [2.45, 2.75) is 22.6 Å². The zero-order chi connectivity index (χ0) is 23.3. The topological polar surface area (TPSA) is 70.2 Å². The van der Waals surface area contributed by atoms with Crippen LogP contribution in [0, 0.1) is 41.2 Å². The van der Waals surface area contributed by atoms with Crippen molar-refractivity contribution < 1.29 is 18.4 Å². The van der Waals surface area contributed by atoms with Gasteiger partial charge in [-0.05, 0) is 66.1 Å². The molecule has 2 bridgehead atoms. The lowest BCUT2D eigenvalue weighted by Gasteiger charge is -2.43. The minimum Gasteiger partial charge on any atom is -0.307 e. The summed E-state index contributed by atoms with van der Waals surface area (Å²) < 4.78 is 27.2. The molecule has 2 aliphatic carbocycles. The van der Waals surface area contributed by atoms with Crippen molar-refractivity contribution in [2.24, 2.45) is 29.6 Å². The van der Waals surface area contributed by atoms with Crippen molar-refractivity contribution in [3.63, 3.8) is 0 Å². The van der Waals surface area contributed by atoms with Gasteiger partial charge in [-0.15, -0.1) is 11.8 Å². The standard InChI is InChI=1S/C25H18F2N2O3S2/c26-11-3-1-10(2-4-11)16-17-14-9-15(20(17)33-22-21(16)34-25(32)28-22)19-18(14)23(30)29(24(19)31)13-7-5-12(27)6-8-13/h1-8,14-20H,9H2,(H,28,32)/t14-,15-,16+,17-,18+,19-,20-/m1/s1. The number of rotatable bonds is 2. The molecule has 34 heavy (non-hydrogen) atoms. The highest BCUT2D eigenvalue weighted by Gasteiger charge is 2.69. The smallest absolute Gasteiger partial charge is 0.305 e. The van der Waals surface area contributed by atoms with E-state index in [0.29, 0.717) is 5.69 Å². The van der Waals surface area contributed by atoms with Crippen LogP contribution in [0.5, 0.6) is 0 Å². The molecule has 7 rings (SSSR count). The summed E-state index contributed by atoms with van der Waals surface area (Å²) in [6, 6.07) is 11.8. The molecule has 1 aromatic heterocycles. The normalized spacial score (nSPS) is 33.2. The van der Waals surface area contributed by atoms with Crippen LogP contribution in [0.15, 0.2) is 58.4 Å². The van der Waals surface area contributed by atoms with E-state index in [2.05, 4.69) is 4.98 Å². The third kappa shape index (κ3) is 2.68. The van der Waals surface area contributed by atoms with Crippen molar-refractivity contribution in [1.29, 1.82) is 0 Å². The van der Waals surface area contributed by atoms with Crippen molar-refractivity contribution >= 4 is 40.6 Å². The Balaban J connectivity index is 1.32. The number of H-pyrrole nitrogens is 1. The maximum absolute atomic E-state index is 13.7. The van der Waals surface area contributed by atoms with E-state index in [9.17, 15) is 23.2 Å². The van der Waals surface area contributed by atoms with Crippen LogP contribution in [0.4, 0.5) is 14.5 Å².